The van der Waals surface area contributed by atoms with Crippen LogP contribution in [0.4, 0.5) is 0 Å². The molecule has 0 spiro atoms. The van der Waals surface area contributed by atoms with Gasteiger partial charge in [-0.1, -0.05) is 6.07 Å². The van der Waals surface area contributed by atoms with Gasteiger partial charge in [0.1, 0.15) is 28.4 Å². The molecule has 0 unspecified atom stereocenters. The summed E-state index contributed by atoms with van der Waals surface area (Å²) >= 11 is 0. The molecule has 0 aliphatic heterocycles. The van der Waals surface area contributed by atoms with Crippen LogP contribution in [0.5, 0.6) is 11.5 Å². The first-order chi connectivity index (χ1) is 9.89. The highest BCUT2D eigenvalue weighted by Crippen LogP contribution is 2.39. The second-order valence-electron chi connectivity index (χ2n) is 5.98. The molecule has 3 rings (SSSR count). The van der Waals surface area contributed by atoms with Crippen molar-refractivity contribution in [3.63, 3.8) is 0 Å². The topological polar surface area (TPSA) is 71.2 Å². The van der Waals surface area contributed by atoms with E-state index >= 15 is 0 Å². The van der Waals surface area contributed by atoms with Crippen LogP contribution in [0.3, 0.4) is 0 Å². The number of pyridine rings is 1. The van der Waals surface area contributed by atoms with E-state index in [0.29, 0.717) is 11.4 Å². The summed E-state index contributed by atoms with van der Waals surface area (Å²) in [5, 5.41) is 20.3. The number of hydrogen-bond acceptors (Lipinski definition) is 4. The second-order valence-corrected chi connectivity index (χ2v) is 5.98. The Balaban J connectivity index is 2.43. The second kappa shape index (κ2) is 4.48. The Hall–Kier alpha value is -2.56. The molecule has 2 aromatic heterocycles. The molecular weight excluding hydrogens is 266 g/mol. The molecule has 0 saturated carbocycles. The minimum atomic E-state index is -0.264. The maximum Gasteiger partial charge on any atom is 0.149 e. The van der Waals surface area contributed by atoms with Crippen molar-refractivity contribution in [2.75, 3.05) is 0 Å². The van der Waals surface area contributed by atoms with E-state index in [1.54, 1.807) is 30.6 Å². The fourth-order valence-corrected chi connectivity index (χ4v) is 2.54. The highest BCUT2D eigenvalue weighted by molar-refractivity contribution is 5.83. The summed E-state index contributed by atoms with van der Waals surface area (Å²) in [6.07, 6.45) is 3.39. The maximum absolute atomic E-state index is 10.1. The third-order valence-corrected chi connectivity index (χ3v) is 3.37. The van der Waals surface area contributed by atoms with E-state index in [-0.39, 0.29) is 17.0 Å². The van der Waals surface area contributed by atoms with Crippen molar-refractivity contribution in [2.24, 2.45) is 0 Å². The monoisotopic (exact) mass is 283 g/mol. The van der Waals surface area contributed by atoms with E-state index in [4.69, 9.17) is 0 Å². The number of rotatable bonds is 1. The molecule has 1 aromatic carbocycles. The van der Waals surface area contributed by atoms with Crippen LogP contribution in [-0.4, -0.2) is 24.7 Å². The predicted molar refractivity (Wildman–Crippen MR) is 81.3 cm³/mol. The fourth-order valence-electron chi connectivity index (χ4n) is 2.54. The fraction of sp³-hybridized carbons (Fsp3) is 0.250. The van der Waals surface area contributed by atoms with Crippen LogP contribution in [0.15, 0.2) is 36.7 Å². The van der Waals surface area contributed by atoms with Crippen LogP contribution in [0.1, 0.15) is 20.8 Å². The first-order valence-electron chi connectivity index (χ1n) is 6.74. The van der Waals surface area contributed by atoms with Gasteiger partial charge in [0, 0.05) is 11.7 Å². The molecule has 0 atom stereocenters. The average molecular weight is 283 g/mol. The molecule has 0 bridgehead atoms. The Bertz CT molecular complexity index is 796. The lowest BCUT2D eigenvalue weighted by Crippen LogP contribution is -2.22. The zero-order chi connectivity index (χ0) is 15.2. The lowest BCUT2D eigenvalue weighted by molar-refractivity contribution is 0.408. The molecule has 2 heterocycles. The van der Waals surface area contributed by atoms with E-state index < -0.39 is 0 Å². The van der Waals surface area contributed by atoms with Gasteiger partial charge in [0.15, 0.2) is 0 Å². The third kappa shape index (κ3) is 2.11. The van der Waals surface area contributed by atoms with E-state index in [0.717, 1.165) is 11.0 Å². The van der Waals surface area contributed by atoms with Crippen molar-refractivity contribution in [1.29, 1.82) is 0 Å². The summed E-state index contributed by atoms with van der Waals surface area (Å²) in [5.74, 6) is 0.536. The molecular formula is C16H17N3O2. The molecule has 21 heavy (non-hydrogen) atoms. The summed E-state index contributed by atoms with van der Waals surface area (Å²) in [6, 6.07) is 6.56. The molecule has 0 aliphatic rings. The first kappa shape index (κ1) is 13.4. The molecule has 0 fully saturated rings. The summed E-state index contributed by atoms with van der Waals surface area (Å²) in [5.41, 5.74) is 1.71. The number of fused-ring (bicyclic) bond motifs is 1. The molecule has 3 aromatic rings. The number of aromatic hydroxyl groups is 2. The Morgan fingerprint density at radius 1 is 1.05 bits per heavy atom. The Kier molecular flexibility index (Phi) is 2.86. The van der Waals surface area contributed by atoms with Crippen molar-refractivity contribution >= 4 is 11.0 Å². The molecule has 2 N–H and O–H groups in total. The minimum absolute atomic E-state index is 0.00349. The van der Waals surface area contributed by atoms with Crippen LogP contribution < -0.4 is 0 Å². The molecule has 0 amide bonds. The van der Waals surface area contributed by atoms with Gasteiger partial charge in [0.05, 0.1) is 11.7 Å². The van der Waals surface area contributed by atoms with E-state index in [9.17, 15) is 10.2 Å². The van der Waals surface area contributed by atoms with Crippen LogP contribution in [0.2, 0.25) is 0 Å². The predicted octanol–water partition coefficient (Wildman–Crippen LogP) is 3.26. The quantitative estimate of drug-likeness (QED) is 0.719. The largest absolute Gasteiger partial charge is 0.507 e. The van der Waals surface area contributed by atoms with Gasteiger partial charge in [-0.15, -0.1) is 0 Å². The third-order valence-electron chi connectivity index (χ3n) is 3.37. The van der Waals surface area contributed by atoms with Gasteiger partial charge < -0.3 is 14.8 Å². The van der Waals surface area contributed by atoms with Crippen LogP contribution in [-0.2, 0) is 5.54 Å². The van der Waals surface area contributed by atoms with Gasteiger partial charge in [-0.3, -0.25) is 4.98 Å². The van der Waals surface area contributed by atoms with E-state index in [1.165, 1.54) is 0 Å². The van der Waals surface area contributed by atoms with Crippen LogP contribution in [0, 0.1) is 0 Å². The van der Waals surface area contributed by atoms with Crippen molar-refractivity contribution in [3.8, 4) is 22.9 Å². The van der Waals surface area contributed by atoms with Gasteiger partial charge in [0.2, 0.25) is 0 Å². The summed E-state index contributed by atoms with van der Waals surface area (Å²) in [4.78, 5) is 8.64. The highest BCUT2D eigenvalue weighted by atomic mass is 16.3. The van der Waals surface area contributed by atoms with Gasteiger partial charge in [0.25, 0.3) is 0 Å². The SMILES string of the molecule is CC(C)(C)n1c(-c2c(O)cccc2O)nc2cnccc21. The lowest BCUT2D eigenvalue weighted by atomic mass is 10.1. The van der Waals surface area contributed by atoms with Gasteiger partial charge in [-0.05, 0) is 39.0 Å². The summed E-state index contributed by atoms with van der Waals surface area (Å²) in [7, 11) is 0. The van der Waals surface area contributed by atoms with Crippen molar-refractivity contribution < 1.29 is 10.2 Å². The van der Waals surface area contributed by atoms with Gasteiger partial charge in [-0.2, -0.15) is 0 Å². The lowest BCUT2D eigenvalue weighted by Gasteiger charge is -2.25. The van der Waals surface area contributed by atoms with Gasteiger partial charge in [-0.25, -0.2) is 4.98 Å². The summed E-state index contributed by atoms with van der Waals surface area (Å²) in [6.45, 7) is 6.15. The Morgan fingerprint density at radius 3 is 2.33 bits per heavy atom. The molecule has 0 aliphatic carbocycles. The smallest absolute Gasteiger partial charge is 0.149 e. The Morgan fingerprint density at radius 2 is 1.71 bits per heavy atom. The van der Waals surface area contributed by atoms with Gasteiger partial charge >= 0.3 is 0 Å². The molecule has 0 radical (unpaired) electrons. The number of aromatic nitrogens is 3. The highest BCUT2D eigenvalue weighted by Gasteiger charge is 2.25. The maximum atomic E-state index is 10.1. The van der Waals surface area contributed by atoms with E-state index in [2.05, 4.69) is 30.7 Å². The molecule has 5 heteroatoms. The Labute approximate surface area is 122 Å². The van der Waals surface area contributed by atoms with Crippen molar-refractivity contribution in [2.45, 2.75) is 26.3 Å². The molecule has 5 nitrogen and oxygen atoms in total. The molecule has 108 valence electrons. The zero-order valence-corrected chi connectivity index (χ0v) is 12.2. The standard InChI is InChI=1S/C16H17N3O2/c1-16(2,3)19-11-7-8-17-9-10(11)18-15(19)14-12(20)5-4-6-13(14)21/h4-9,20-21H,1-3H3. The first-order valence-corrected chi connectivity index (χ1v) is 6.74. The van der Waals surface area contributed by atoms with E-state index in [1.807, 2.05) is 10.6 Å². The number of hydrogen-bond donors (Lipinski definition) is 2. The number of nitrogens with zero attached hydrogens (tertiary/aromatic N) is 3. The number of phenolic OH excluding ortho intramolecular Hbond substituents is 2. The van der Waals surface area contributed by atoms with Crippen molar-refractivity contribution in [3.05, 3.63) is 36.7 Å². The zero-order valence-electron chi connectivity index (χ0n) is 12.2. The number of benzene rings is 1. The molecule has 0 saturated heterocycles. The summed E-state index contributed by atoms with van der Waals surface area (Å²) < 4.78 is 2.00. The van der Waals surface area contributed by atoms with Crippen LogP contribution in [0.25, 0.3) is 22.4 Å². The number of imidazole rings is 1. The average Bonchev–Trinajstić information content (AvgIpc) is 2.77. The minimum Gasteiger partial charge on any atom is -0.507 e. The van der Waals surface area contributed by atoms with Crippen molar-refractivity contribution in [1.82, 2.24) is 14.5 Å². The normalized spacial score (nSPS) is 12.0. The number of phenols is 2. The van der Waals surface area contributed by atoms with Crippen LogP contribution >= 0.6 is 0 Å².